The molecule has 0 heterocycles. The van der Waals surface area contributed by atoms with Gasteiger partial charge in [0.1, 0.15) is 5.82 Å². The summed E-state index contributed by atoms with van der Waals surface area (Å²) in [4.78, 5) is 0.722. The highest BCUT2D eigenvalue weighted by Crippen LogP contribution is 2.22. The highest BCUT2D eigenvalue weighted by atomic mass is 32.2. The molecule has 0 radical (unpaired) electrons. The van der Waals surface area contributed by atoms with Gasteiger partial charge in [0.15, 0.2) is 0 Å². The highest BCUT2D eigenvalue weighted by Gasteiger charge is 2.08. The van der Waals surface area contributed by atoms with Crippen molar-refractivity contribution in [3.8, 4) is 0 Å². The van der Waals surface area contributed by atoms with Gasteiger partial charge in [0.25, 0.3) is 0 Å². The van der Waals surface area contributed by atoms with E-state index >= 15 is 0 Å². The molecule has 1 nitrogen and oxygen atoms in total. The first-order valence-electron chi connectivity index (χ1n) is 5.99. The predicted octanol–water partition coefficient (Wildman–Crippen LogP) is 3.86. The summed E-state index contributed by atoms with van der Waals surface area (Å²) in [5.41, 5.74) is 0. The summed E-state index contributed by atoms with van der Waals surface area (Å²) in [6.07, 6.45) is 3.94. The highest BCUT2D eigenvalue weighted by molar-refractivity contribution is 7.99. The van der Waals surface area contributed by atoms with Gasteiger partial charge in [-0.3, -0.25) is 0 Å². The van der Waals surface area contributed by atoms with Gasteiger partial charge in [-0.05, 0) is 31.5 Å². The first-order chi connectivity index (χ1) is 8.27. The molecule has 1 aromatic carbocycles. The third kappa shape index (κ3) is 5.37. The molecule has 3 heteroatoms. The quantitative estimate of drug-likeness (QED) is 0.557. The number of rotatable bonds is 8. The maximum Gasteiger partial charge on any atom is 0.136 e. The number of halogens is 1. The van der Waals surface area contributed by atoms with Crippen LogP contribution in [0.4, 0.5) is 4.39 Å². The van der Waals surface area contributed by atoms with Crippen LogP contribution in [0.3, 0.4) is 0 Å². The van der Waals surface area contributed by atoms with E-state index in [9.17, 15) is 4.39 Å². The molecule has 0 saturated heterocycles. The van der Waals surface area contributed by atoms with Gasteiger partial charge in [-0.25, -0.2) is 4.39 Å². The van der Waals surface area contributed by atoms with Gasteiger partial charge >= 0.3 is 0 Å². The van der Waals surface area contributed by atoms with E-state index in [1.54, 1.807) is 17.8 Å². The normalized spacial score (nSPS) is 12.4. The molecule has 17 heavy (non-hydrogen) atoms. The monoisotopic (exact) mass is 253 g/mol. The van der Waals surface area contributed by atoms with E-state index in [0.29, 0.717) is 6.04 Å². The molecule has 0 amide bonds. The van der Waals surface area contributed by atoms with Crippen molar-refractivity contribution in [2.45, 2.75) is 30.7 Å². The molecule has 0 aliphatic heterocycles. The zero-order chi connectivity index (χ0) is 12.5. The number of hydrogen-bond acceptors (Lipinski definition) is 2. The Labute approximate surface area is 107 Å². The summed E-state index contributed by atoms with van der Waals surface area (Å²) in [5.74, 6) is 0.734. The molecule has 0 aromatic heterocycles. The van der Waals surface area contributed by atoms with Crippen molar-refractivity contribution in [2.75, 3.05) is 12.3 Å². The van der Waals surface area contributed by atoms with Crippen molar-refractivity contribution in [3.63, 3.8) is 0 Å². The van der Waals surface area contributed by atoms with Crippen LogP contribution < -0.4 is 5.32 Å². The fraction of sp³-hybridized carbons (Fsp3) is 0.429. The maximum atomic E-state index is 13.4. The molecule has 1 unspecified atom stereocenters. The second kappa shape index (κ2) is 8.31. The van der Waals surface area contributed by atoms with Crippen molar-refractivity contribution in [1.82, 2.24) is 5.32 Å². The standard InChI is InChI=1S/C14H20FNS/c1-3-7-12(16-10-4-2)11-17-14-9-6-5-8-13(14)15/h3,5-6,8-9,12,16H,1,4,7,10-11H2,2H3. The Hall–Kier alpha value is -0.800. The van der Waals surface area contributed by atoms with Gasteiger partial charge in [-0.15, -0.1) is 18.3 Å². The number of thioether (sulfide) groups is 1. The Morgan fingerprint density at radius 3 is 2.88 bits per heavy atom. The second-order valence-electron chi connectivity index (χ2n) is 3.92. The van der Waals surface area contributed by atoms with Crippen LogP contribution in [-0.2, 0) is 0 Å². The van der Waals surface area contributed by atoms with Crippen LogP contribution in [0.25, 0.3) is 0 Å². The van der Waals surface area contributed by atoms with Gasteiger partial charge < -0.3 is 5.32 Å². The van der Waals surface area contributed by atoms with E-state index in [1.807, 2.05) is 18.2 Å². The Bertz CT molecular complexity index is 341. The van der Waals surface area contributed by atoms with Gasteiger partial charge in [0.2, 0.25) is 0 Å². The lowest BCUT2D eigenvalue weighted by atomic mass is 10.2. The molecule has 0 fully saturated rings. The van der Waals surface area contributed by atoms with E-state index in [0.717, 1.165) is 30.0 Å². The Kier molecular flexibility index (Phi) is 6.97. The SMILES string of the molecule is C=CCC(CSc1ccccc1F)NCCC. The molecule has 0 spiro atoms. The largest absolute Gasteiger partial charge is 0.313 e. The van der Waals surface area contributed by atoms with Crippen molar-refractivity contribution >= 4 is 11.8 Å². The van der Waals surface area contributed by atoms with E-state index in [-0.39, 0.29) is 5.82 Å². The minimum Gasteiger partial charge on any atom is -0.313 e. The van der Waals surface area contributed by atoms with Crippen molar-refractivity contribution in [2.24, 2.45) is 0 Å². The van der Waals surface area contributed by atoms with E-state index in [2.05, 4.69) is 18.8 Å². The summed E-state index contributed by atoms with van der Waals surface area (Å²) in [5, 5.41) is 3.45. The zero-order valence-corrected chi connectivity index (χ0v) is 11.1. The second-order valence-corrected chi connectivity index (χ2v) is 4.98. The van der Waals surface area contributed by atoms with E-state index in [4.69, 9.17) is 0 Å². The Balaban J connectivity index is 2.45. The number of benzene rings is 1. The van der Waals surface area contributed by atoms with Crippen LogP contribution >= 0.6 is 11.8 Å². The summed E-state index contributed by atoms with van der Waals surface area (Å²) in [6.45, 7) is 6.89. The fourth-order valence-electron chi connectivity index (χ4n) is 1.51. The van der Waals surface area contributed by atoms with Crippen LogP contribution in [0.15, 0.2) is 41.8 Å². The van der Waals surface area contributed by atoms with Gasteiger partial charge in [0, 0.05) is 16.7 Å². The predicted molar refractivity (Wildman–Crippen MR) is 74.0 cm³/mol. The maximum absolute atomic E-state index is 13.4. The molecule has 94 valence electrons. The molecule has 0 bridgehead atoms. The van der Waals surface area contributed by atoms with Crippen LogP contribution in [-0.4, -0.2) is 18.3 Å². The fourth-order valence-corrected chi connectivity index (χ4v) is 2.53. The van der Waals surface area contributed by atoms with Gasteiger partial charge in [0.05, 0.1) is 0 Å². The smallest absolute Gasteiger partial charge is 0.136 e. The van der Waals surface area contributed by atoms with Crippen LogP contribution in [0.5, 0.6) is 0 Å². The van der Waals surface area contributed by atoms with Crippen molar-refractivity contribution in [1.29, 1.82) is 0 Å². The molecule has 1 rings (SSSR count). The summed E-state index contributed by atoms with van der Waals surface area (Å²) >= 11 is 1.56. The molecule has 1 N–H and O–H groups in total. The topological polar surface area (TPSA) is 12.0 Å². The summed E-state index contributed by atoms with van der Waals surface area (Å²) < 4.78 is 13.4. The molecule has 0 aliphatic carbocycles. The Morgan fingerprint density at radius 1 is 1.47 bits per heavy atom. The van der Waals surface area contributed by atoms with Crippen LogP contribution in [0.1, 0.15) is 19.8 Å². The molecule has 1 atom stereocenters. The summed E-state index contributed by atoms with van der Waals surface area (Å²) in [7, 11) is 0. The van der Waals surface area contributed by atoms with Crippen LogP contribution in [0.2, 0.25) is 0 Å². The van der Waals surface area contributed by atoms with Crippen LogP contribution in [0, 0.1) is 5.82 Å². The molecule has 0 aliphatic rings. The first kappa shape index (κ1) is 14.3. The van der Waals surface area contributed by atoms with E-state index in [1.165, 1.54) is 6.07 Å². The summed E-state index contributed by atoms with van der Waals surface area (Å²) in [6, 6.07) is 7.29. The lowest BCUT2D eigenvalue weighted by Crippen LogP contribution is -2.31. The third-order valence-electron chi connectivity index (χ3n) is 2.41. The third-order valence-corrected chi connectivity index (χ3v) is 3.62. The molecular formula is C14H20FNS. The number of nitrogens with one attached hydrogen (secondary N) is 1. The molecular weight excluding hydrogens is 233 g/mol. The molecule has 0 saturated carbocycles. The van der Waals surface area contributed by atoms with Gasteiger partial charge in [-0.1, -0.05) is 25.1 Å². The van der Waals surface area contributed by atoms with Crippen molar-refractivity contribution in [3.05, 3.63) is 42.7 Å². The van der Waals surface area contributed by atoms with E-state index < -0.39 is 0 Å². The zero-order valence-electron chi connectivity index (χ0n) is 10.3. The lowest BCUT2D eigenvalue weighted by molar-refractivity contribution is 0.557. The first-order valence-corrected chi connectivity index (χ1v) is 6.98. The lowest BCUT2D eigenvalue weighted by Gasteiger charge is -2.16. The number of hydrogen-bond donors (Lipinski definition) is 1. The van der Waals surface area contributed by atoms with Gasteiger partial charge in [-0.2, -0.15) is 0 Å². The minimum absolute atomic E-state index is 0.134. The molecule has 1 aromatic rings. The Morgan fingerprint density at radius 2 is 2.24 bits per heavy atom. The minimum atomic E-state index is -0.134. The van der Waals surface area contributed by atoms with Crippen molar-refractivity contribution < 1.29 is 4.39 Å². The average molecular weight is 253 g/mol. The average Bonchev–Trinajstić information content (AvgIpc) is 2.34.